The van der Waals surface area contributed by atoms with E-state index in [2.05, 4.69) is 15.0 Å². The van der Waals surface area contributed by atoms with E-state index in [1.807, 2.05) is 0 Å². The summed E-state index contributed by atoms with van der Waals surface area (Å²) in [7, 11) is 0. The van der Waals surface area contributed by atoms with Gasteiger partial charge in [-0.2, -0.15) is 0 Å². The lowest BCUT2D eigenvalue weighted by Gasteiger charge is -2.42. The van der Waals surface area contributed by atoms with E-state index in [-0.39, 0.29) is 17.0 Å². The fraction of sp³-hybridized carbons (Fsp3) is 0.500. The van der Waals surface area contributed by atoms with Gasteiger partial charge in [0.2, 0.25) is 11.3 Å². The normalized spacial score (nSPS) is 32.6. The molecule has 12 nitrogen and oxygen atoms in total. The highest BCUT2D eigenvalue weighted by Gasteiger charge is 2.80. The van der Waals surface area contributed by atoms with Crippen LogP contribution in [0.1, 0.15) is 20.8 Å². The maximum Gasteiger partial charge on any atom is 0.247 e. The van der Waals surface area contributed by atoms with E-state index in [1.165, 1.54) is 0 Å². The van der Waals surface area contributed by atoms with E-state index >= 15 is 0 Å². The maximum absolute atomic E-state index is 12.8. The van der Waals surface area contributed by atoms with Crippen molar-refractivity contribution in [2.24, 2.45) is 0 Å². The average molecular weight is 393 g/mol. The summed E-state index contributed by atoms with van der Waals surface area (Å²) in [4.78, 5) is 49.5. The smallest absolute Gasteiger partial charge is 0.247 e. The lowest BCUT2D eigenvalue weighted by atomic mass is 9.69. The SMILES string of the molecule is CC(=O)[C@@]1(O)[C@@](O)(C(C)=O)[C@@H](CO)O[C@@]1(C(C)=O)n1cnc2c(N)ncnc21. The van der Waals surface area contributed by atoms with E-state index in [0.717, 1.165) is 38.0 Å². The van der Waals surface area contributed by atoms with Gasteiger partial charge in [0.05, 0.1) is 6.61 Å². The lowest BCUT2D eigenvalue weighted by Crippen LogP contribution is -2.72. The minimum atomic E-state index is -3.10. The topological polar surface area (TPSA) is 191 Å². The Morgan fingerprint density at radius 3 is 2.29 bits per heavy atom. The highest BCUT2D eigenvalue weighted by molar-refractivity contribution is 6.05. The molecule has 28 heavy (non-hydrogen) atoms. The van der Waals surface area contributed by atoms with Gasteiger partial charge in [-0.15, -0.1) is 0 Å². The molecule has 1 aliphatic rings. The van der Waals surface area contributed by atoms with Crippen LogP contribution in [0.4, 0.5) is 5.82 Å². The Kier molecular flexibility index (Phi) is 4.35. The molecule has 12 heteroatoms. The summed E-state index contributed by atoms with van der Waals surface area (Å²) in [5, 5.41) is 32.2. The van der Waals surface area contributed by atoms with E-state index in [0.29, 0.717) is 0 Å². The zero-order valence-electron chi connectivity index (χ0n) is 15.3. The number of nitrogen functional groups attached to an aromatic ring is 1. The molecule has 2 aromatic heterocycles. The van der Waals surface area contributed by atoms with Crippen molar-refractivity contribution < 1.29 is 34.4 Å². The number of carbonyl (C=O) groups excluding carboxylic acids is 3. The number of aliphatic hydroxyl groups excluding tert-OH is 1. The van der Waals surface area contributed by atoms with Crippen LogP contribution in [-0.4, -0.2) is 76.1 Å². The third-order valence-corrected chi connectivity index (χ3v) is 5.21. The number of hydrogen-bond acceptors (Lipinski definition) is 11. The molecular formula is C16H19N5O7. The van der Waals surface area contributed by atoms with Crippen LogP contribution in [-0.2, 0) is 24.8 Å². The van der Waals surface area contributed by atoms with Crippen LogP contribution in [0.2, 0.25) is 0 Å². The predicted octanol–water partition coefficient (Wildman–Crippen LogP) is -2.32. The predicted molar refractivity (Wildman–Crippen MR) is 91.6 cm³/mol. The number of aromatic nitrogens is 4. The van der Waals surface area contributed by atoms with Gasteiger partial charge in [0.15, 0.2) is 34.4 Å². The van der Waals surface area contributed by atoms with Crippen LogP contribution in [0.5, 0.6) is 0 Å². The van der Waals surface area contributed by atoms with Gasteiger partial charge in [-0.3, -0.25) is 19.0 Å². The van der Waals surface area contributed by atoms with E-state index in [1.54, 1.807) is 0 Å². The fourth-order valence-electron chi connectivity index (χ4n) is 3.85. The third-order valence-electron chi connectivity index (χ3n) is 5.21. The van der Waals surface area contributed by atoms with Crippen LogP contribution in [0.25, 0.3) is 11.2 Å². The molecule has 0 spiro atoms. The van der Waals surface area contributed by atoms with Crippen molar-refractivity contribution in [2.75, 3.05) is 12.3 Å². The number of ether oxygens (including phenoxy) is 1. The second kappa shape index (κ2) is 6.10. The number of rotatable bonds is 5. The number of ketones is 3. The number of Topliss-reactive ketones (excluding diaryl/α,β-unsaturated/α-hetero) is 3. The average Bonchev–Trinajstić information content (AvgIpc) is 3.14. The molecule has 150 valence electrons. The molecule has 3 rings (SSSR count). The first-order valence-corrected chi connectivity index (χ1v) is 8.20. The summed E-state index contributed by atoms with van der Waals surface area (Å²) in [5.41, 5.74) is -2.98. The first-order valence-electron chi connectivity index (χ1n) is 8.20. The van der Waals surface area contributed by atoms with Gasteiger partial charge in [-0.25, -0.2) is 15.0 Å². The Morgan fingerprint density at radius 2 is 1.79 bits per heavy atom. The molecule has 5 N–H and O–H groups in total. The van der Waals surface area contributed by atoms with E-state index < -0.39 is 47.0 Å². The monoisotopic (exact) mass is 393 g/mol. The third kappa shape index (κ3) is 2.02. The van der Waals surface area contributed by atoms with Crippen molar-refractivity contribution in [1.82, 2.24) is 19.5 Å². The van der Waals surface area contributed by atoms with Crippen LogP contribution in [0.3, 0.4) is 0 Å². The molecule has 1 saturated heterocycles. The molecule has 1 aliphatic heterocycles. The highest BCUT2D eigenvalue weighted by atomic mass is 16.6. The molecule has 0 unspecified atom stereocenters. The molecule has 1 fully saturated rings. The minimum absolute atomic E-state index is 0.0384. The van der Waals surface area contributed by atoms with Gasteiger partial charge >= 0.3 is 0 Å². The number of hydrogen-bond donors (Lipinski definition) is 4. The summed E-state index contributed by atoms with van der Waals surface area (Å²) in [6.07, 6.45) is 0.289. The Labute approximate surface area is 158 Å². The van der Waals surface area contributed by atoms with Crippen molar-refractivity contribution in [3.8, 4) is 0 Å². The van der Waals surface area contributed by atoms with Crippen molar-refractivity contribution in [1.29, 1.82) is 0 Å². The van der Waals surface area contributed by atoms with Crippen LogP contribution >= 0.6 is 0 Å². The minimum Gasteiger partial charge on any atom is -0.394 e. The van der Waals surface area contributed by atoms with E-state index in [4.69, 9.17) is 10.5 Å². The standard InChI is InChI=1S/C16H19N5O7/c1-7(23)14(26)10(4-22)28-16(9(3)25,15(14,27)8(2)24)21-6-20-11-12(17)18-5-19-13(11)21/h5-6,10,22,26-27H,4H2,1-3H3,(H2,17,18,19)/t10-,14-,15-,16-/m1/s1. The summed E-state index contributed by atoms with van der Waals surface area (Å²) < 4.78 is 6.50. The zero-order chi connectivity index (χ0) is 21.1. The summed E-state index contributed by atoms with van der Waals surface area (Å²) in [6, 6.07) is 0. The summed E-state index contributed by atoms with van der Waals surface area (Å²) in [6.45, 7) is 1.81. The molecule has 0 amide bonds. The number of carbonyl (C=O) groups is 3. The number of nitrogens with two attached hydrogens (primary N) is 1. The van der Waals surface area contributed by atoms with Crippen molar-refractivity contribution in [3.63, 3.8) is 0 Å². The molecular weight excluding hydrogens is 374 g/mol. The second-order valence-corrected chi connectivity index (χ2v) is 6.62. The van der Waals surface area contributed by atoms with Gasteiger partial charge in [0, 0.05) is 0 Å². The van der Waals surface area contributed by atoms with Gasteiger partial charge in [-0.1, -0.05) is 0 Å². The summed E-state index contributed by atoms with van der Waals surface area (Å²) in [5.74, 6) is -3.21. The highest BCUT2D eigenvalue weighted by Crippen LogP contribution is 2.52. The number of fused-ring (bicyclic) bond motifs is 1. The van der Waals surface area contributed by atoms with Crippen LogP contribution in [0, 0.1) is 0 Å². The Bertz CT molecular complexity index is 1010. The molecule has 3 heterocycles. The number of anilines is 1. The van der Waals surface area contributed by atoms with Gasteiger partial charge in [-0.05, 0) is 20.8 Å². The molecule has 0 radical (unpaired) electrons. The van der Waals surface area contributed by atoms with Gasteiger partial charge in [0.25, 0.3) is 0 Å². The molecule has 0 saturated carbocycles. The number of aliphatic hydroxyl groups is 3. The van der Waals surface area contributed by atoms with Crippen LogP contribution < -0.4 is 5.73 Å². The second-order valence-electron chi connectivity index (χ2n) is 6.62. The Balaban J connectivity index is 2.48. The first-order chi connectivity index (χ1) is 13.0. The first kappa shape index (κ1) is 19.9. The molecule has 4 atom stereocenters. The largest absolute Gasteiger partial charge is 0.394 e. The van der Waals surface area contributed by atoms with Gasteiger partial charge < -0.3 is 25.8 Å². The molecule has 0 aromatic carbocycles. The van der Waals surface area contributed by atoms with Crippen LogP contribution in [0.15, 0.2) is 12.7 Å². The van der Waals surface area contributed by atoms with Crippen molar-refractivity contribution in [3.05, 3.63) is 12.7 Å². The fourth-order valence-corrected chi connectivity index (χ4v) is 3.85. The van der Waals surface area contributed by atoms with E-state index in [9.17, 15) is 29.7 Å². The molecule has 2 aromatic rings. The Hall–Kier alpha value is -2.80. The van der Waals surface area contributed by atoms with Gasteiger partial charge in [0.1, 0.15) is 24.3 Å². The molecule has 0 bridgehead atoms. The lowest BCUT2D eigenvalue weighted by molar-refractivity contribution is -0.206. The number of imidazole rings is 1. The zero-order valence-corrected chi connectivity index (χ0v) is 15.3. The maximum atomic E-state index is 12.8. The van der Waals surface area contributed by atoms with Crippen molar-refractivity contribution in [2.45, 2.75) is 43.8 Å². The number of nitrogens with zero attached hydrogens (tertiary/aromatic N) is 4. The quantitative estimate of drug-likeness (QED) is 0.426. The summed E-state index contributed by atoms with van der Waals surface area (Å²) >= 11 is 0. The molecule has 0 aliphatic carbocycles. The van der Waals surface area contributed by atoms with Crippen molar-refractivity contribution >= 4 is 34.3 Å². The Morgan fingerprint density at radius 1 is 1.14 bits per heavy atom.